The predicted octanol–water partition coefficient (Wildman–Crippen LogP) is 0.202. The minimum Gasteiger partial charge on any atom is -0.351 e. The summed E-state index contributed by atoms with van der Waals surface area (Å²) in [5, 5.41) is 11.1. The molecule has 0 spiro atoms. The summed E-state index contributed by atoms with van der Waals surface area (Å²) in [6.07, 6.45) is 2.37. The van der Waals surface area contributed by atoms with E-state index in [0.29, 0.717) is 12.6 Å². The van der Waals surface area contributed by atoms with Crippen LogP contribution < -0.4 is 5.32 Å². The van der Waals surface area contributed by atoms with Gasteiger partial charge in [-0.1, -0.05) is 0 Å². The third-order valence-corrected chi connectivity index (χ3v) is 1.62. The number of hydrogen-bond acceptors (Lipinski definition) is 4. The number of rotatable bonds is 4. The maximum absolute atomic E-state index is 7.89. The fourth-order valence-corrected chi connectivity index (χ4v) is 1.13. The van der Waals surface area contributed by atoms with Crippen LogP contribution in [-0.2, 0) is 9.62 Å². The minimum atomic E-state index is -0.0296. The molecule has 0 aromatic carbocycles. The summed E-state index contributed by atoms with van der Waals surface area (Å²) in [4.78, 5) is 3.75. The van der Waals surface area contributed by atoms with Crippen molar-refractivity contribution < 1.29 is 14.9 Å². The van der Waals surface area contributed by atoms with E-state index in [4.69, 9.17) is 9.99 Å². The second-order valence-corrected chi connectivity index (χ2v) is 2.41. The van der Waals surface area contributed by atoms with Crippen LogP contribution in [0.15, 0.2) is 0 Å². The number of ether oxygens (including phenoxy) is 1. The Balaban J connectivity index is 1.91. The Hall–Kier alpha value is -0.160. The largest absolute Gasteiger partial charge is 0.351 e. The monoisotopic (exact) mass is 147 g/mol. The van der Waals surface area contributed by atoms with Crippen molar-refractivity contribution in [2.45, 2.75) is 18.9 Å². The lowest BCUT2D eigenvalue weighted by atomic mass is 10.2. The molecule has 0 aromatic rings. The van der Waals surface area contributed by atoms with Crippen molar-refractivity contribution in [1.29, 1.82) is 0 Å². The normalized spacial score (nSPS) is 25.5. The SMILES string of the molecule is OOCOCC1CCCN1. The number of hydrogen-bond donors (Lipinski definition) is 2. The van der Waals surface area contributed by atoms with Gasteiger partial charge in [-0.2, -0.15) is 0 Å². The molecule has 2 N–H and O–H groups in total. The van der Waals surface area contributed by atoms with E-state index in [-0.39, 0.29) is 6.79 Å². The van der Waals surface area contributed by atoms with Crippen LogP contribution in [0.4, 0.5) is 0 Å². The van der Waals surface area contributed by atoms with Crippen LogP contribution in [-0.4, -0.2) is 31.2 Å². The first kappa shape index (κ1) is 7.94. The van der Waals surface area contributed by atoms with Gasteiger partial charge in [-0.05, 0) is 19.4 Å². The van der Waals surface area contributed by atoms with Crippen molar-refractivity contribution in [1.82, 2.24) is 5.32 Å². The zero-order valence-electron chi connectivity index (χ0n) is 5.88. The lowest BCUT2D eigenvalue weighted by Gasteiger charge is -2.08. The van der Waals surface area contributed by atoms with Crippen LogP contribution in [0.5, 0.6) is 0 Å². The van der Waals surface area contributed by atoms with E-state index in [0.717, 1.165) is 13.0 Å². The lowest BCUT2D eigenvalue weighted by molar-refractivity contribution is -0.296. The summed E-state index contributed by atoms with van der Waals surface area (Å²) in [6, 6.07) is 0.454. The van der Waals surface area contributed by atoms with Gasteiger partial charge in [-0.3, -0.25) is 0 Å². The standard InChI is InChI=1S/C6H13NO3/c8-10-5-9-4-6-2-1-3-7-6/h6-8H,1-5H2. The van der Waals surface area contributed by atoms with Gasteiger partial charge in [0.25, 0.3) is 0 Å². The van der Waals surface area contributed by atoms with E-state index in [9.17, 15) is 0 Å². The Morgan fingerprint density at radius 1 is 1.60 bits per heavy atom. The van der Waals surface area contributed by atoms with Crippen LogP contribution in [0.1, 0.15) is 12.8 Å². The third-order valence-electron chi connectivity index (χ3n) is 1.62. The first-order valence-corrected chi connectivity index (χ1v) is 3.51. The summed E-state index contributed by atoms with van der Waals surface area (Å²) >= 11 is 0. The number of nitrogens with one attached hydrogen (secondary N) is 1. The molecule has 1 unspecified atom stereocenters. The van der Waals surface area contributed by atoms with Crippen LogP contribution >= 0.6 is 0 Å². The molecule has 1 saturated heterocycles. The van der Waals surface area contributed by atoms with Gasteiger partial charge >= 0.3 is 0 Å². The first-order valence-electron chi connectivity index (χ1n) is 3.51. The minimum absolute atomic E-state index is 0.0296. The maximum Gasteiger partial charge on any atom is 0.180 e. The van der Waals surface area contributed by atoms with Crippen molar-refractivity contribution in [2.24, 2.45) is 0 Å². The molecule has 0 aromatic heterocycles. The van der Waals surface area contributed by atoms with Gasteiger partial charge in [0.05, 0.1) is 6.61 Å². The third kappa shape index (κ3) is 2.62. The van der Waals surface area contributed by atoms with E-state index in [1.807, 2.05) is 0 Å². The molecule has 1 heterocycles. The van der Waals surface area contributed by atoms with Crippen LogP contribution in [0.25, 0.3) is 0 Å². The molecular weight excluding hydrogens is 134 g/mol. The van der Waals surface area contributed by atoms with Crippen LogP contribution in [0.2, 0.25) is 0 Å². The Kier molecular flexibility index (Phi) is 3.67. The molecule has 4 heteroatoms. The van der Waals surface area contributed by atoms with Crippen molar-refractivity contribution in [2.75, 3.05) is 19.9 Å². The summed E-state index contributed by atoms with van der Waals surface area (Å²) in [7, 11) is 0. The molecule has 0 amide bonds. The highest BCUT2D eigenvalue weighted by atomic mass is 17.1. The van der Waals surface area contributed by atoms with Crippen molar-refractivity contribution >= 4 is 0 Å². The molecule has 4 nitrogen and oxygen atoms in total. The van der Waals surface area contributed by atoms with Crippen LogP contribution in [0.3, 0.4) is 0 Å². The van der Waals surface area contributed by atoms with Crippen molar-refractivity contribution in [3.63, 3.8) is 0 Å². The smallest absolute Gasteiger partial charge is 0.180 e. The highest BCUT2D eigenvalue weighted by molar-refractivity contribution is 4.72. The molecule has 0 saturated carbocycles. The van der Waals surface area contributed by atoms with Gasteiger partial charge < -0.3 is 10.1 Å². The van der Waals surface area contributed by atoms with Gasteiger partial charge in [-0.15, -0.1) is 0 Å². The Morgan fingerprint density at radius 3 is 3.10 bits per heavy atom. The van der Waals surface area contributed by atoms with Gasteiger partial charge in [0.15, 0.2) is 6.79 Å². The van der Waals surface area contributed by atoms with E-state index >= 15 is 0 Å². The van der Waals surface area contributed by atoms with Crippen LogP contribution in [0, 0.1) is 0 Å². The molecule has 0 radical (unpaired) electrons. The summed E-state index contributed by atoms with van der Waals surface area (Å²) < 4.78 is 4.93. The molecule has 1 aliphatic rings. The van der Waals surface area contributed by atoms with Gasteiger partial charge in [0.1, 0.15) is 0 Å². The fourth-order valence-electron chi connectivity index (χ4n) is 1.13. The van der Waals surface area contributed by atoms with Gasteiger partial charge in [-0.25, -0.2) is 10.1 Å². The summed E-state index contributed by atoms with van der Waals surface area (Å²) in [5.74, 6) is 0. The quantitative estimate of drug-likeness (QED) is 0.258. The summed E-state index contributed by atoms with van der Waals surface area (Å²) in [5.41, 5.74) is 0. The molecule has 0 bridgehead atoms. The second kappa shape index (κ2) is 4.62. The van der Waals surface area contributed by atoms with Crippen molar-refractivity contribution in [3.05, 3.63) is 0 Å². The summed E-state index contributed by atoms with van der Waals surface area (Å²) in [6.45, 7) is 1.67. The first-order chi connectivity index (χ1) is 4.93. The molecule has 1 atom stereocenters. The van der Waals surface area contributed by atoms with E-state index < -0.39 is 0 Å². The second-order valence-electron chi connectivity index (χ2n) is 2.41. The molecule has 1 fully saturated rings. The Morgan fingerprint density at radius 2 is 2.50 bits per heavy atom. The Labute approximate surface area is 60.1 Å². The highest BCUT2D eigenvalue weighted by Gasteiger charge is 2.13. The zero-order chi connectivity index (χ0) is 7.23. The van der Waals surface area contributed by atoms with Gasteiger partial charge in [0, 0.05) is 6.04 Å². The zero-order valence-corrected chi connectivity index (χ0v) is 5.88. The van der Waals surface area contributed by atoms with Gasteiger partial charge in [0.2, 0.25) is 0 Å². The van der Waals surface area contributed by atoms with Crippen molar-refractivity contribution in [3.8, 4) is 0 Å². The topological polar surface area (TPSA) is 50.7 Å². The lowest BCUT2D eigenvalue weighted by Crippen LogP contribution is -2.27. The van der Waals surface area contributed by atoms with E-state index in [2.05, 4.69) is 10.2 Å². The fraction of sp³-hybridized carbons (Fsp3) is 1.00. The molecular formula is C6H13NO3. The van der Waals surface area contributed by atoms with E-state index in [1.54, 1.807) is 0 Å². The van der Waals surface area contributed by atoms with E-state index in [1.165, 1.54) is 6.42 Å². The Bertz CT molecular complexity index is 83.1. The molecule has 10 heavy (non-hydrogen) atoms. The predicted molar refractivity (Wildman–Crippen MR) is 35.6 cm³/mol. The maximum atomic E-state index is 7.89. The molecule has 0 aliphatic carbocycles. The molecule has 1 aliphatic heterocycles. The highest BCUT2D eigenvalue weighted by Crippen LogP contribution is 2.04. The molecule has 1 rings (SSSR count). The molecule has 60 valence electrons. The average molecular weight is 147 g/mol. The average Bonchev–Trinajstić information content (AvgIpc) is 2.41.